The zero-order valence-electron chi connectivity index (χ0n) is 24.6. The molecular weight excluding hydrogens is 527 g/mol. The van der Waals surface area contributed by atoms with Crippen LogP contribution in [0.1, 0.15) is 71.8 Å². The molecule has 2 atom stereocenters. The number of allylic oxidation sites excluding steroid dienone is 6. The predicted molar refractivity (Wildman–Crippen MR) is 156 cm³/mol. The summed E-state index contributed by atoms with van der Waals surface area (Å²) in [6.07, 6.45) is 8.27. The highest BCUT2D eigenvalue weighted by Gasteiger charge is 2.42. The minimum Gasteiger partial charge on any atom is -0.378 e. The van der Waals surface area contributed by atoms with Crippen molar-refractivity contribution in [2.24, 2.45) is 0 Å². The van der Waals surface area contributed by atoms with Gasteiger partial charge in [0.05, 0.1) is 24.9 Å². The maximum Gasteiger partial charge on any atom is 0.248 e. The molecular formula is C33H42F3N3O2. The maximum atomic E-state index is 15.1. The number of hydrogen-bond donors (Lipinski definition) is 1. The van der Waals surface area contributed by atoms with Gasteiger partial charge in [-0.05, 0) is 79.0 Å². The lowest BCUT2D eigenvalue weighted by atomic mass is 9.87. The number of nitrogens with one attached hydrogen (secondary N) is 1. The van der Waals surface area contributed by atoms with Crippen molar-refractivity contribution in [2.45, 2.75) is 95.7 Å². The van der Waals surface area contributed by atoms with Gasteiger partial charge in [0.25, 0.3) is 0 Å². The number of carbonyl (C=O) groups excluding carboxylic acids is 1. The summed E-state index contributed by atoms with van der Waals surface area (Å²) < 4.78 is 48.8. The molecule has 0 aromatic heterocycles. The van der Waals surface area contributed by atoms with Crippen LogP contribution < -0.4 is 10.3 Å². The molecule has 0 radical (unpaired) electrons. The molecule has 5 nitrogen and oxygen atoms in total. The van der Waals surface area contributed by atoms with Gasteiger partial charge in [0, 0.05) is 25.4 Å². The average Bonchev–Trinajstić information content (AvgIpc) is 3.77. The zero-order chi connectivity index (χ0) is 29.4. The van der Waals surface area contributed by atoms with E-state index >= 15 is 4.39 Å². The molecule has 1 aliphatic heterocycles. The van der Waals surface area contributed by atoms with Crippen molar-refractivity contribution in [3.63, 3.8) is 0 Å². The Morgan fingerprint density at radius 1 is 1.10 bits per heavy atom. The van der Waals surface area contributed by atoms with Crippen LogP contribution in [0.25, 0.3) is 0 Å². The van der Waals surface area contributed by atoms with E-state index in [-0.39, 0.29) is 49.1 Å². The van der Waals surface area contributed by atoms with Gasteiger partial charge in [-0.2, -0.15) is 0 Å². The number of benzene rings is 1. The second kappa shape index (κ2) is 11.8. The molecule has 1 heterocycles. The van der Waals surface area contributed by atoms with Crippen molar-refractivity contribution < 1.29 is 22.7 Å². The Morgan fingerprint density at radius 3 is 2.41 bits per heavy atom. The first-order chi connectivity index (χ1) is 19.4. The Balaban J connectivity index is 1.57. The number of hydrogen-bond acceptors (Lipinski definition) is 4. The number of halogens is 3. The van der Waals surface area contributed by atoms with E-state index < -0.39 is 17.8 Å². The number of morpholine rings is 1. The van der Waals surface area contributed by atoms with E-state index in [1.807, 2.05) is 30.1 Å². The molecule has 222 valence electrons. The molecule has 1 amide bonds. The topological polar surface area (TPSA) is 44.8 Å². The molecule has 8 heteroatoms. The largest absolute Gasteiger partial charge is 0.378 e. The minimum atomic E-state index is -2.69. The van der Waals surface area contributed by atoms with Crippen molar-refractivity contribution in [3.05, 3.63) is 76.7 Å². The van der Waals surface area contributed by atoms with E-state index in [9.17, 15) is 13.6 Å². The lowest BCUT2D eigenvalue weighted by Gasteiger charge is -2.47. The molecule has 4 aliphatic rings. The van der Waals surface area contributed by atoms with Gasteiger partial charge < -0.3 is 10.1 Å². The van der Waals surface area contributed by atoms with E-state index in [4.69, 9.17) is 4.74 Å². The zero-order valence-corrected chi connectivity index (χ0v) is 24.6. The molecule has 1 saturated carbocycles. The summed E-state index contributed by atoms with van der Waals surface area (Å²) in [5.41, 5.74) is 4.59. The van der Waals surface area contributed by atoms with Gasteiger partial charge in [-0.1, -0.05) is 50.6 Å². The highest BCUT2D eigenvalue weighted by atomic mass is 19.3. The molecule has 1 aromatic rings. The van der Waals surface area contributed by atoms with Crippen LogP contribution in [0, 0.1) is 0 Å². The number of amides is 1. The van der Waals surface area contributed by atoms with Crippen LogP contribution in [-0.4, -0.2) is 54.7 Å². The van der Waals surface area contributed by atoms with E-state index in [0.717, 1.165) is 23.2 Å². The third kappa shape index (κ3) is 7.15. The SMILES string of the molecule is CC1=CCC(C(C(=O)NC2CCC(F)(F)CC2)N(c2ccc(C(C)(C)C)cc2)N2CCOC[C@H]2C2=CC2)=CC(F)=C1. The number of nitrogens with zero attached hydrogens (tertiary/aromatic N) is 2. The molecule has 1 N–H and O–H groups in total. The van der Waals surface area contributed by atoms with Crippen LogP contribution in [0.3, 0.4) is 0 Å². The number of rotatable bonds is 7. The Kier molecular flexibility index (Phi) is 8.53. The first kappa shape index (κ1) is 29.6. The highest BCUT2D eigenvalue weighted by molar-refractivity contribution is 5.89. The Morgan fingerprint density at radius 2 is 1.78 bits per heavy atom. The minimum absolute atomic E-state index is 0.0428. The Bertz CT molecular complexity index is 1250. The van der Waals surface area contributed by atoms with Gasteiger partial charge in [0.1, 0.15) is 11.9 Å². The smallest absolute Gasteiger partial charge is 0.248 e. The van der Waals surface area contributed by atoms with Gasteiger partial charge in [-0.3, -0.25) is 9.80 Å². The number of alkyl halides is 2. The summed E-state index contributed by atoms with van der Waals surface area (Å²) in [5.74, 6) is -3.41. The second-order valence-electron chi connectivity index (χ2n) is 12.8. The lowest BCUT2D eigenvalue weighted by molar-refractivity contribution is -0.125. The molecule has 5 rings (SSSR count). The summed E-state index contributed by atoms with van der Waals surface area (Å²) in [6.45, 7) is 9.86. The third-order valence-electron chi connectivity index (χ3n) is 8.50. The second-order valence-corrected chi connectivity index (χ2v) is 12.8. The summed E-state index contributed by atoms with van der Waals surface area (Å²) in [7, 11) is 0. The third-order valence-corrected chi connectivity index (χ3v) is 8.50. The van der Waals surface area contributed by atoms with Gasteiger partial charge in [-0.25, -0.2) is 18.2 Å². The van der Waals surface area contributed by atoms with Crippen LogP contribution in [0.2, 0.25) is 0 Å². The van der Waals surface area contributed by atoms with Gasteiger partial charge in [0.2, 0.25) is 11.8 Å². The number of anilines is 1. The Hall–Kier alpha value is -2.84. The summed E-state index contributed by atoms with van der Waals surface area (Å²) >= 11 is 0. The van der Waals surface area contributed by atoms with Crippen LogP contribution in [-0.2, 0) is 14.9 Å². The molecule has 1 aromatic carbocycles. The highest BCUT2D eigenvalue weighted by Crippen LogP contribution is 2.37. The lowest BCUT2D eigenvalue weighted by Crippen LogP contribution is -2.62. The van der Waals surface area contributed by atoms with Crippen molar-refractivity contribution >= 4 is 11.6 Å². The molecule has 41 heavy (non-hydrogen) atoms. The number of hydrazine groups is 1. The molecule has 0 bridgehead atoms. The molecule has 1 unspecified atom stereocenters. The van der Waals surface area contributed by atoms with Crippen molar-refractivity contribution in [1.82, 2.24) is 10.3 Å². The Labute approximate surface area is 241 Å². The van der Waals surface area contributed by atoms with Gasteiger partial charge >= 0.3 is 0 Å². The van der Waals surface area contributed by atoms with E-state index in [1.54, 1.807) is 0 Å². The molecule has 0 spiro atoms. The number of ether oxygens (including phenoxy) is 1. The van der Waals surface area contributed by atoms with E-state index in [1.165, 1.54) is 17.7 Å². The van der Waals surface area contributed by atoms with Crippen molar-refractivity contribution in [2.75, 3.05) is 24.8 Å². The van der Waals surface area contributed by atoms with Gasteiger partial charge in [0.15, 0.2) is 0 Å². The van der Waals surface area contributed by atoms with Crippen LogP contribution in [0.4, 0.5) is 18.9 Å². The van der Waals surface area contributed by atoms with Crippen LogP contribution >= 0.6 is 0 Å². The fraction of sp³-hybridized carbons (Fsp3) is 0.545. The molecule has 1 saturated heterocycles. The van der Waals surface area contributed by atoms with Crippen LogP contribution in [0.5, 0.6) is 0 Å². The van der Waals surface area contributed by atoms with E-state index in [2.05, 4.69) is 49.3 Å². The average molecular weight is 570 g/mol. The van der Waals surface area contributed by atoms with Gasteiger partial charge in [-0.15, -0.1) is 0 Å². The first-order valence-electron chi connectivity index (χ1n) is 14.8. The quantitative estimate of drug-likeness (QED) is 0.362. The normalized spacial score (nSPS) is 24.3. The summed E-state index contributed by atoms with van der Waals surface area (Å²) in [4.78, 5) is 14.3. The molecule has 2 fully saturated rings. The predicted octanol–water partition coefficient (Wildman–Crippen LogP) is 6.93. The van der Waals surface area contributed by atoms with Crippen LogP contribution in [0.15, 0.2) is 71.1 Å². The molecule has 3 aliphatic carbocycles. The maximum absolute atomic E-state index is 15.1. The monoisotopic (exact) mass is 569 g/mol. The van der Waals surface area contributed by atoms with E-state index in [0.29, 0.717) is 31.8 Å². The fourth-order valence-corrected chi connectivity index (χ4v) is 5.97. The first-order valence-corrected chi connectivity index (χ1v) is 14.8. The fourth-order valence-electron chi connectivity index (χ4n) is 5.97. The number of carbonyl (C=O) groups is 1. The summed E-state index contributed by atoms with van der Waals surface area (Å²) in [5, 5.41) is 7.30. The summed E-state index contributed by atoms with van der Waals surface area (Å²) in [6, 6.07) is 6.95. The standard InChI is InChI=1S/C33H42F3N3O2/c1-22-5-6-24(20-26(34)19-22)30(31(40)37-27-13-15-33(35,36)16-14-27)39(28-11-9-25(10-12-28)32(2,3)4)38-17-18-41-21-29(38)23-7-8-23/h5,7,9-12,19-20,27,29-30H,6,8,13-18,21H2,1-4H3,(H,37,40)/t29-,30?/m0/s1. The van der Waals surface area contributed by atoms with Crippen molar-refractivity contribution in [1.29, 1.82) is 0 Å². The van der Waals surface area contributed by atoms with Crippen molar-refractivity contribution in [3.8, 4) is 0 Å².